The van der Waals surface area contributed by atoms with E-state index < -0.39 is 0 Å². The predicted molar refractivity (Wildman–Crippen MR) is 89.5 cm³/mol. The number of aryl methyl sites for hydroxylation is 1. The Morgan fingerprint density at radius 2 is 1.86 bits per heavy atom. The van der Waals surface area contributed by atoms with Gasteiger partial charge in [-0.15, -0.1) is 11.8 Å². The molecule has 1 amide bonds. The molecule has 0 aliphatic carbocycles. The van der Waals surface area contributed by atoms with Gasteiger partial charge >= 0.3 is 0 Å². The molecule has 0 saturated heterocycles. The number of amides is 1. The Morgan fingerprint density at radius 3 is 2.50 bits per heavy atom. The normalized spacial score (nSPS) is 12.0. The second kappa shape index (κ2) is 7.99. The van der Waals surface area contributed by atoms with E-state index in [-0.39, 0.29) is 23.5 Å². The van der Waals surface area contributed by atoms with Gasteiger partial charge in [0.2, 0.25) is 5.91 Å². The number of carbonyl (C=O) groups is 1. The van der Waals surface area contributed by atoms with Crippen molar-refractivity contribution >= 4 is 17.7 Å². The summed E-state index contributed by atoms with van der Waals surface area (Å²) in [4.78, 5) is 12.5. The lowest BCUT2D eigenvalue weighted by Gasteiger charge is -2.14. The zero-order valence-corrected chi connectivity index (χ0v) is 13.6. The lowest BCUT2D eigenvalue weighted by atomic mass is 10.1. The zero-order valence-electron chi connectivity index (χ0n) is 12.8. The lowest BCUT2D eigenvalue weighted by Crippen LogP contribution is -2.28. The van der Waals surface area contributed by atoms with Crippen molar-refractivity contribution in [2.75, 3.05) is 5.75 Å². The molecule has 0 bridgehead atoms. The van der Waals surface area contributed by atoms with Crippen LogP contribution in [0, 0.1) is 5.82 Å². The van der Waals surface area contributed by atoms with Gasteiger partial charge in [0.05, 0.1) is 11.8 Å². The van der Waals surface area contributed by atoms with Gasteiger partial charge in [0.25, 0.3) is 0 Å². The number of carbonyl (C=O) groups excluding carboxylic acids is 1. The quantitative estimate of drug-likeness (QED) is 0.802. The molecule has 2 rings (SSSR count). The Hall–Kier alpha value is -1.81. The molecule has 0 heterocycles. The SMILES string of the molecule is CCc1ccc([C@H](C)NC(=O)CSc2ccccc2F)cc1. The second-order valence-electron chi connectivity index (χ2n) is 5.10. The molecule has 4 heteroatoms. The van der Waals surface area contributed by atoms with Crippen LogP contribution < -0.4 is 5.32 Å². The minimum atomic E-state index is -0.288. The van der Waals surface area contributed by atoms with Crippen LogP contribution >= 0.6 is 11.8 Å². The fraction of sp³-hybridized carbons (Fsp3) is 0.278. The molecule has 1 atom stereocenters. The average molecular weight is 317 g/mol. The van der Waals surface area contributed by atoms with Crippen LogP contribution in [0.15, 0.2) is 53.4 Å². The number of nitrogens with one attached hydrogen (secondary N) is 1. The second-order valence-corrected chi connectivity index (χ2v) is 6.12. The standard InChI is InChI=1S/C18H20FNOS/c1-3-14-8-10-15(11-9-14)13(2)20-18(21)12-22-17-7-5-4-6-16(17)19/h4-11,13H,3,12H2,1-2H3,(H,20,21)/t13-/m0/s1. The van der Waals surface area contributed by atoms with Crippen LogP contribution in [-0.4, -0.2) is 11.7 Å². The molecular formula is C18H20FNOS. The Labute approximate surface area is 135 Å². The number of rotatable bonds is 6. The molecule has 0 aromatic heterocycles. The topological polar surface area (TPSA) is 29.1 Å². The van der Waals surface area contributed by atoms with Crippen molar-refractivity contribution in [3.8, 4) is 0 Å². The van der Waals surface area contributed by atoms with Crippen molar-refractivity contribution < 1.29 is 9.18 Å². The first kappa shape index (κ1) is 16.6. The van der Waals surface area contributed by atoms with Crippen LogP contribution in [-0.2, 0) is 11.2 Å². The molecule has 1 N–H and O–H groups in total. The smallest absolute Gasteiger partial charge is 0.230 e. The highest BCUT2D eigenvalue weighted by atomic mass is 32.2. The van der Waals surface area contributed by atoms with Crippen molar-refractivity contribution in [1.29, 1.82) is 0 Å². The molecule has 0 radical (unpaired) electrons. The van der Waals surface area contributed by atoms with E-state index in [1.54, 1.807) is 18.2 Å². The van der Waals surface area contributed by atoms with E-state index in [0.29, 0.717) is 4.90 Å². The summed E-state index contributed by atoms with van der Waals surface area (Å²) in [5.41, 5.74) is 2.35. The molecule has 2 nitrogen and oxygen atoms in total. The van der Waals surface area contributed by atoms with Gasteiger partial charge in [-0.1, -0.05) is 43.3 Å². The maximum atomic E-state index is 13.5. The van der Waals surface area contributed by atoms with Gasteiger partial charge in [-0.2, -0.15) is 0 Å². The third kappa shape index (κ3) is 4.60. The molecule has 0 aliphatic rings. The minimum Gasteiger partial charge on any atom is -0.349 e. The van der Waals surface area contributed by atoms with Gasteiger partial charge in [0, 0.05) is 4.90 Å². The van der Waals surface area contributed by atoms with Gasteiger partial charge in [-0.05, 0) is 36.6 Å². The Bertz CT molecular complexity index is 627. The third-order valence-corrected chi connectivity index (χ3v) is 4.51. The summed E-state index contributed by atoms with van der Waals surface area (Å²) in [6.45, 7) is 4.06. The van der Waals surface area contributed by atoms with E-state index in [1.807, 2.05) is 19.1 Å². The number of hydrogen-bond acceptors (Lipinski definition) is 2. The number of halogens is 1. The van der Waals surface area contributed by atoms with Crippen molar-refractivity contribution in [3.63, 3.8) is 0 Å². The maximum absolute atomic E-state index is 13.5. The summed E-state index contributed by atoms with van der Waals surface area (Å²) in [7, 11) is 0. The molecule has 0 saturated carbocycles. The molecule has 0 unspecified atom stereocenters. The van der Waals surface area contributed by atoms with Gasteiger partial charge in [0.15, 0.2) is 0 Å². The average Bonchev–Trinajstić information content (AvgIpc) is 2.54. The van der Waals surface area contributed by atoms with Crippen molar-refractivity contribution in [3.05, 3.63) is 65.5 Å². The van der Waals surface area contributed by atoms with Crippen LogP contribution in [0.4, 0.5) is 4.39 Å². The summed E-state index contributed by atoms with van der Waals surface area (Å²) in [6.07, 6.45) is 1.00. The number of hydrogen-bond donors (Lipinski definition) is 1. The first-order valence-electron chi connectivity index (χ1n) is 7.35. The highest BCUT2D eigenvalue weighted by Crippen LogP contribution is 2.21. The molecule has 2 aromatic carbocycles. The van der Waals surface area contributed by atoms with E-state index >= 15 is 0 Å². The predicted octanol–water partition coefficient (Wildman–Crippen LogP) is 4.36. The van der Waals surface area contributed by atoms with Gasteiger partial charge in [-0.25, -0.2) is 4.39 Å². The number of thioether (sulfide) groups is 1. The van der Waals surface area contributed by atoms with Crippen molar-refractivity contribution in [2.24, 2.45) is 0 Å². The first-order chi connectivity index (χ1) is 10.6. The summed E-state index contributed by atoms with van der Waals surface area (Å²) in [5, 5.41) is 2.94. The Kier molecular flexibility index (Phi) is 6.01. The summed E-state index contributed by atoms with van der Waals surface area (Å²) < 4.78 is 13.5. The van der Waals surface area contributed by atoms with E-state index in [9.17, 15) is 9.18 Å². The maximum Gasteiger partial charge on any atom is 0.230 e. The van der Waals surface area contributed by atoms with Crippen LogP contribution in [0.5, 0.6) is 0 Å². The van der Waals surface area contributed by atoms with Crippen LogP contribution in [0.3, 0.4) is 0 Å². The lowest BCUT2D eigenvalue weighted by molar-refractivity contribution is -0.119. The van der Waals surface area contributed by atoms with Crippen molar-refractivity contribution in [1.82, 2.24) is 5.32 Å². The summed E-state index contributed by atoms with van der Waals surface area (Å²) in [6, 6.07) is 14.7. The van der Waals surface area contributed by atoms with E-state index in [1.165, 1.54) is 23.4 Å². The van der Waals surface area contributed by atoms with E-state index in [2.05, 4.69) is 24.4 Å². The third-order valence-electron chi connectivity index (χ3n) is 3.46. The fourth-order valence-corrected chi connectivity index (χ4v) is 2.86. The summed E-state index contributed by atoms with van der Waals surface area (Å²) >= 11 is 1.21. The van der Waals surface area contributed by atoms with Gasteiger partial charge in [0.1, 0.15) is 5.82 Å². The highest BCUT2D eigenvalue weighted by Gasteiger charge is 2.11. The zero-order chi connectivity index (χ0) is 15.9. The van der Waals surface area contributed by atoms with Gasteiger partial charge in [-0.3, -0.25) is 4.79 Å². The molecule has 2 aromatic rings. The molecule has 116 valence electrons. The van der Waals surface area contributed by atoms with Crippen molar-refractivity contribution in [2.45, 2.75) is 31.2 Å². The molecule has 0 fully saturated rings. The molecule has 0 spiro atoms. The number of benzene rings is 2. The van der Waals surface area contributed by atoms with E-state index in [0.717, 1.165) is 12.0 Å². The first-order valence-corrected chi connectivity index (χ1v) is 8.34. The molecule has 0 aliphatic heterocycles. The fourth-order valence-electron chi connectivity index (χ4n) is 2.11. The van der Waals surface area contributed by atoms with E-state index in [4.69, 9.17) is 0 Å². The van der Waals surface area contributed by atoms with Crippen LogP contribution in [0.2, 0.25) is 0 Å². The van der Waals surface area contributed by atoms with Crippen LogP contribution in [0.25, 0.3) is 0 Å². The van der Waals surface area contributed by atoms with Gasteiger partial charge < -0.3 is 5.32 Å². The summed E-state index contributed by atoms with van der Waals surface area (Å²) in [5.74, 6) is -0.179. The van der Waals surface area contributed by atoms with Crippen LogP contribution in [0.1, 0.15) is 31.0 Å². The molecule has 22 heavy (non-hydrogen) atoms. The molecular weight excluding hydrogens is 297 g/mol. The largest absolute Gasteiger partial charge is 0.349 e. The monoisotopic (exact) mass is 317 g/mol. The Morgan fingerprint density at radius 1 is 1.18 bits per heavy atom. The highest BCUT2D eigenvalue weighted by molar-refractivity contribution is 8.00. The Balaban J connectivity index is 1.87. The minimum absolute atomic E-state index is 0.0559.